The zero-order valence-electron chi connectivity index (χ0n) is 6.46. The smallest absolute Gasteiger partial charge is 0.0462 e. The topological polar surface area (TPSA) is 0 Å². The van der Waals surface area contributed by atoms with E-state index in [-0.39, 0.29) is 5.41 Å². The maximum atomic E-state index is 5.35. The predicted octanol–water partition coefficient (Wildman–Crippen LogP) is 3.33. The van der Waals surface area contributed by atoms with Gasteiger partial charge in [0, 0.05) is 5.54 Å². The number of hydrogen-bond donors (Lipinski definition) is 0. The van der Waals surface area contributed by atoms with Gasteiger partial charge in [-0.3, -0.25) is 0 Å². The van der Waals surface area contributed by atoms with Crippen LogP contribution in [0.2, 0.25) is 0 Å². The molecule has 0 saturated heterocycles. The molecule has 52 valence electrons. The molecule has 0 radical (unpaired) electrons. The van der Waals surface area contributed by atoms with E-state index in [0.717, 1.165) is 0 Å². The lowest BCUT2D eigenvalue weighted by Gasteiger charge is -2.16. The molecule has 0 aliphatic heterocycles. The largest absolute Gasteiger partial charge is 0.109 e. The first kappa shape index (κ1) is 8.81. The van der Waals surface area contributed by atoms with Crippen molar-refractivity contribution in [3.8, 4) is 0 Å². The first-order chi connectivity index (χ1) is 3.98. The molecular formula is C8H13Cl. The summed E-state index contributed by atoms with van der Waals surface area (Å²) in [6.45, 7) is 8.43. The molecule has 0 bridgehead atoms. The number of allylic oxidation sites excluding steroid dienone is 1. The minimum Gasteiger partial charge on any atom is -0.109 e. The Labute approximate surface area is 62.2 Å². The molecule has 0 fully saturated rings. The van der Waals surface area contributed by atoms with E-state index in [9.17, 15) is 0 Å². The molecule has 0 spiro atoms. The molecule has 0 aromatic rings. The van der Waals surface area contributed by atoms with E-state index >= 15 is 0 Å². The van der Waals surface area contributed by atoms with Crippen molar-refractivity contribution in [1.29, 1.82) is 0 Å². The van der Waals surface area contributed by atoms with E-state index < -0.39 is 0 Å². The highest BCUT2D eigenvalue weighted by atomic mass is 35.5. The lowest BCUT2D eigenvalue weighted by molar-refractivity contribution is 0.505. The molecule has 0 atom stereocenters. The minimum absolute atomic E-state index is 0.200. The maximum absolute atomic E-state index is 5.35. The second kappa shape index (κ2) is 3.10. The van der Waals surface area contributed by atoms with Gasteiger partial charge >= 0.3 is 0 Å². The zero-order chi connectivity index (χ0) is 7.49. The van der Waals surface area contributed by atoms with Crippen molar-refractivity contribution in [2.45, 2.75) is 27.7 Å². The van der Waals surface area contributed by atoms with E-state index in [2.05, 4.69) is 26.5 Å². The van der Waals surface area contributed by atoms with Crippen LogP contribution in [0.1, 0.15) is 27.7 Å². The average molecular weight is 145 g/mol. The van der Waals surface area contributed by atoms with E-state index in [1.165, 1.54) is 11.1 Å². The van der Waals surface area contributed by atoms with Crippen molar-refractivity contribution in [3.63, 3.8) is 0 Å². The van der Waals surface area contributed by atoms with Gasteiger partial charge in [0.2, 0.25) is 0 Å². The molecule has 0 rings (SSSR count). The molecule has 9 heavy (non-hydrogen) atoms. The Morgan fingerprint density at radius 2 is 1.89 bits per heavy atom. The monoisotopic (exact) mass is 144 g/mol. The van der Waals surface area contributed by atoms with Gasteiger partial charge in [-0.2, -0.15) is 0 Å². The Kier molecular flexibility index (Phi) is 3.03. The first-order valence-corrected chi connectivity index (χ1v) is 3.44. The normalized spacial score (nSPS) is 10.3. The second-order valence-corrected chi connectivity index (χ2v) is 3.35. The Hall–Kier alpha value is -0.190. The van der Waals surface area contributed by atoms with Crippen molar-refractivity contribution in [2.24, 2.45) is 5.41 Å². The van der Waals surface area contributed by atoms with E-state index in [0.29, 0.717) is 0 Å². The third kappa shape index (κ3) is 3.40. The van der Waals surface area contributed by atoms with Gasteiger partial charge < -0.3 is 0 Å². The molecule has 0 aromatic carbocycles. The summed E-state index contributed by atoms with van der Waals surface area (Å²) in [5.74, 6) is 0. The summed E-state index contributed by atoms with van der Waals surface area (Å²) < 4.78 is 0. The van der Waals surface area contributed by atoms with Crippen LogP contribution in [0.4, 0.5) is 0 Å². The molecule has 0 unspecified atom stereocenters. The van der Waals surface area contributed by atoms with Crippen LogP contribution >= 0.6 is 11.6 Å². The van der Waals surface area contributed by atoms with E-state index in [4.69, 9.17) is 11.6 Å². The standard InChI is InChI=1S/C8H13Cl/c1-7(5-6-9)8(2,3)4/h6H,1-4H3. The third-order valence-corrected chi connectivity index (χ3v) is 1.51. The summed E-state index contributed by atoms with van der Waals surface area (Å²) in [6.07, 6.45) is 0. The molecule has 0 heterocycles. The highest BCUT2D eigenvalue weighted by Gasteiger charge is 2.10. The van der Waals surface area contributed by atoms with Crippen LogP contribution in [0.15, 0.2) is 16.8 Å². The number of halogens is 1. The highest BCUT2D eigenvalue weighted by molar-refractivity contribution is 6.25. The minimum atomic E-state index is 0.200. The molecular weight excluding hydrogens is 132 g/mol. The van der Waals surface area contributed by atoms with Gasteiger partial charge in [0.05, 0.1) is 0 Å². The van der Waals surface area contributed by atoms with Gasteiger partial charge in [0.15, 0.2) is 0 Å². The molecule has 0 aliphatic rings. The van der Waals surface area contributed by atoms with Gasteiger partial charge in [-0.15, -0.1) is 5.73 Å². The summed E-state index contributed by atoms with van der Waals surface area (Å²) in [5, 5.41) is 0. The average Bonchev–Trinajstić information content (AvgIpc) is 1.64. The SMILES string of the molecule is CC(=C=CCl)C(C)(C)C. The first-order valence-electron chi connectivity index (χ1n) is 3.01. The summed E-state index contributed by atoms with van der Waals surface area (Å²) in [5.41, 5.74) is 5.75. The van der Waals surface area contributed by atoms with Crippen LogP contribution in [0, 0.1) is 5.41 Å². The van der Waals surface area contributed by atoms with Crippen molar-refractivity contribution in [2.75, 3.05) is 0 Å². The summed E-state index contributed by atoms with van der Waals surface area (Å²) in [7, 11) is 0. The summed E-state index contributed by atoms with van der Waals surface area (Å²) in [4.78, 5) is 0. The molecule has 0 nitrogen and oxygen atoms in total. The van der Waals surface area contributed by atoms with Crippen molar-refractivity contribution in [1.82, 2.24) is 0 Å². The van der Waals surface area contributed by atoms with Crippen LogP contribution < -0.4 is 0 Å². The Balaban J connectivity index is 4.40. The lowest BCUT2D eigenvalue weighted by Crippen LogP contribution is -2.04. The maximum Gasteiger partial charge on any atom is 0.0462 e. The highest BCUT2D eigenvalue weighted by Crippen LogP contribution is 2.22. The lowest BCUT2D eigenvalue weighted by atomic mass is 9.88. The van der Waals surface area contributed by atoms with Crippen LogP contribution in [-0.2, 0) is 0 Å². The third-order valence-electron chi connectivity index (χ3n) is 1.40. The van der Waals surface area contributed by atoms with E-state index in [1.54, 1.807) is 0 Å². The number of rotatable bonds is 0. The van der Waals surface area contributed by atoms with Gasteiger partial charge in [-0.25, -0.2) is 0 Å². The van der Waals surface area contributed by atoms with Crippen LogP contribution in [-0.4, -0.2) is 0 Å². The van der Waals surface area contributed by atoms with Gasteiger partial charge in [-0.05, 0) is 17.9 Å². The fourth-order valence-electron chi connectivity index (χ4n) is 0.298. The van der Waals surface area contributed by atoms with Gasteiger partial charge in [0.1, 0.15) is 0 Å². The van der Waals surface area contributed by atoms with Gasteiger partial charge in [0.25, 0.3) is 0 Å². The fourth-order valence-corrected chi connectivity index (χ4v) is 0.462. The molecule has 0 saturated carbocycles. The van der Waals surface area contributed by atoms with Crippen LogP contribution in [0.3, 0.4) is 0 Å². The molecule has 0 amide bonds. The Morgan fingerprint density at radius 1 is 1.44 bits per heavy atom. The fraction of sp³-hybridized carbons (Fsp3) is 0.625. The van der Waals surface area contributed by atoms with Crippen LogP contribution in [0.5, 0.6) is 0 Å². The van der Waals surface area contributed by atoms with Crippen molar-refractivity contribution < 1.29 is 0 Å². The Morgan fingerprint density at radius 3 is 2.00 bits per heavy atom. The summed E-state index contributed by atoms with van der Waals surface area (Å²) in [6, 6.07) is 0. The molecule has 0 aliphatic carbocycles. The zero-order valence-corrected chi connectivity index (χ0v) is 7.21. The van der Waals surface area contributed by atoms with Crippen LogP contribution in [0.25, 0.3) is 0 Å². The molecule has 0 N–H and O–H groups in total. The number of hydrogen-bond acceptors (Lipinski definition) is 0. The predicted molar refractivity (Wildman–Crippen MR) is 42.6 cm³/mol. The molecule has 0 aromatic heterocycles. The quantitative estimate of drug-likeness (QED) is 0.458. The second-order valence-electron chi connectivity index (χ2n) is 3.13. The summed E-state index contributed by atoms with van der Waals surface area (Å²) >= 11 is 5.35. The molecule has 1 heteroatoms. The van der Waals surface area contributed by atoms with Crippen molar-refractivity contribution >= 4 is 11.6 Å². The Bertz CT molecular complexity index is 142. The van der Waals surface area contributed by atoms with E-state index in [1.807, 2.05) is 6.92 Å². The van der Waals surface area contributed by atoms with Crippen molar-refractivity contribution in [3.05, 3.63) is 16.8 Å². The van der Waals surface area contributed by atoms with Gasteiger partial charge in [-0.1, -0.05) is 32.4 Å².